The molecule has 0 spiro atoms. The van der Waals surface area contributed by atoms with Gasteiger partial charge in [0.05, 0.1) is 5.56 Å². The van der Waals surface area contributed by atoms with Crippen LogP contribution in [0.5, 0.6) is 0 Å². The molecule has 1 aromatic carbocycles. The maximum absolute atomic E-state index is 10.9. The third-order valence-electron chi connectivity index (χ3n) is 3.35. The topological polar surface area (TPSA) is 49.3 Å². The Balaban J connectivity index is 2.25. The summed E-state index contributed by atoms with van der Waals surface area (Å²) in [4.78, 5) is 10.9. The van der Waals surface area contributed by atoms with Gasteiger partial charge in [0.25, 0.3) is 0 Å². The second-order valence-corrected chi connectivity index (χ2v) is 4.51. The van der Waals surface area contributed by atoms with Crippen LogP contribution < -0.4 is 5.32 Å². The maximum atomic E-state index is 10.9. The summed E-state index contributed by atoms with van der Waals surface area (Å²) in [5, 5.41) is 12.3. The average Bonchev–Trinajstić information content (AvgIpc) is 2.30. The van der Waals surface area contributed by atoms with Gasteiger partial charge in [-0.3, -0.25) is 0 Å². The fourth-order valence-corrected chi connectivity index (χ4v) is 2.41. The molecule has 0 radical (unpaired) electrons. The van der Waals surface area contributed by atoms with Crippen LogP contribution in [0.15, 0.2) is 24.3 Å². The Morgan fingerprint density at radius 2 is 2.31 bits per heavy atom. The van der Waals surface area contributed by atoms with E-state index in [1.807, 2.05) is 18.2 Å². The van der Waals surface area contributed by atoms with Gasteiger partial charge in [-0.2, -0.15) is 0 Å². The quantitative estimate of drug-likeness (QED) is 0.800. The first-order valence-electron chi connectivity index (χ1n) is 5.72. The number of carboxylic acid groups (broad SMARTS) is 1. The Morgan fingerprint density at radius 1 is 1.50 bits per heavy atom. The second-order valence-electron chi connectivity index (χ2n) is 4.51. The minimum Gasteiger partial charge on any atom is -0.478 e. The zero-order chi connectivity index (χ0) is 11.5. The third-order valence-corrected chi connectivity index (χ3v) is 3.35. The minimum atomic E-state index is -0.844. The molecular weight excluding hydrogens is 202 g/mol. The molecule has 16 heavy (non-hydrogen) atoms. The van der Waals surface area contributed by atoms with Gasteiger partial charge in [0.2, 0.25) is 0 Å². The first kappa shape index (κ1) is 11.1. The van der Waals surface area contributed by atoms with Crippen LogP contribution >= 0.6 is 0 Å². The molecule has 0 saturated carbocycles. The SMILES string of the molecule is C[C@@H]1CNCC[C@H]1c1cccc(C(=O)O)c1. The van der Waals surface area contributed by atoms with Gasteiger partial charge in [0.1, 0.15) is 0 Å². The summed E-state index contributed by atoms with van der Waals surface area (Å²) >= 11 is 0. The molecule has 1 aliphatic rings. The maximum Gasteiger partial charge on any atom is 0.335 e. The Hall–Kier alpha value is -1.35. The number of hydrogen-bond donors (Lipinski definition) is 2. The molecule has 2 rings (SSSR count). The largest absolute Gasteiger partial charge is 0.478 e. The van der Waals surface area contributed by atoms with Crippen LogP contribution in [0.2, 0.25) is 0 Å². The van der Waals surface area contributed by atoms with Crippen molar-refractivity contribution in [2.24, 2.45) is 5.92 Å². The molecule has 0 aliphatic carbocycles. The van der Waals surface area contributed by atoms with Crippen molar-refractivity contribution in [1.82, 2.24) is 5.32 Å². The molecule has 1 fully saturated rings. The van der Waals surface area contributed by atoms with E-state index in [1.165, 1.54) is 0 Å². The van der Waals surface area contributed by atoms with Crippen LogP contribution in [0.4, 0.5) is 0 Å². The van der Waals surface area contributed by atoms with E-state index in [0.29, 0.717) is 17.4 Å². The van der Waals surface area contributed by atoms with E-state index in [9.17, 15) is 4.79 Å². The lowest BCUT2D eigenvalue weighted by atomic mass is 9.82. The van der Waals surface area contributed by atoms with E-state index in [4.69, 9.17) is 5.11 Å². The molecule has 3 nitrogen and oxygen atoms in total. The van der Waals surface area contributed by atoms with E-state index in [2.05, 4.69) is 12.2 Å². The summed E-state index contributed by atoms with van der Waals surface area (Å²) in [7, 11) is 0. The highest BCUT2D eigenvalue weighted by Gasteiger charge is 2.23. The molecule has 0 bridgehead atoms. The van der Waals surface area contributed by atoms with Gasteiger partial charge in [-0.1, -0.05) is 19.1 Å². The lowest BCUT2D eigenvalue weighted by Crippen LogP contribution is -2.33. The fraction of sp³-hybridized carbons (Fsp3) is 0.462. The van der Waals surface area contributed by atoms with Gasteiger partial charge in [0.15, 0.2) is 0 Å². The van der Waals surface area contributed by atoms with Gasteiger partial charge in [-0.05, 0) is 49.0 Å². The lowest BCUT2D eigenvalue weighted by Gasteiger charge is -2.30. The molecule has 1 aromatic rings. The number of carboxylic acids is 1. The average molecular weight is 219 g/mol. The summed E-state index contributed by atoms with van der Waals surface area (Å²) < 4.78 is 0. The summed E-state index contributed by atoms with van der Waals surface area (Å²) in [6.07, 6.45) is 1.09. The second kappa shape index (κ2) is 4.66. The van der Waals surface area contributed by atoms with Crippen molar-refractivity contribution in [3.8, 4) is 0 Å². The smallest absolute Gasteiger partial charge is 0.335 e. The molecule has 2 N–H and O–H groups in total. The molecule has 3 heteroatoms. The molecule has 0 unspecified atom stereocenters. The summed E-state index contributed by atoms with van der Waals surface area (Å²) in [5.74, 6) is 0.210. The summed E-state index contributed by atoms with van der Waals surface area (Å²) in [6, 6.07) is 7.35. The van der Waals surface area contributed by atoms with Crippen molar-refractivity contribution >= 4 is 5.97 Å². The monoisotopic (exact) mass is 219 g/mol. The number of aromatic carboxylic acids is 1. The Bertz CT molecular complexity index is 389. The van der Waals surface area contributed by atoms with Crippen LogP contribution in [0, 0.1) is 5.92 Å². The van der Waals surface area contributed by atoms with Gasteiger partial charge >= 0.3 is 5.97 Å². The van der Waals surface area contributed by atoms with E-state index in [-0.39, 0.29) is 0 Å². The Labute approximate surface area is 95.5 Å². The van der Waals surface area contributed by atoms with Crippen molar-refractivity contribution < 1.29 is 9.90 Å². The molecular formula is C13H17NO2. The number of nitrogens with one attached hydrogen (secondary N) is 1. The zero-order valence-corrected chi connectivity index (χ0v) is 9.44. The van der Waals surface area contributed by atoms with E-state index < -0.39 is 5.97 Å². The van der Waals surface area contributed by atoms with Crippen molar-refractivity contribution in [2.45, 2.75) is 19.3 Å². The molecule has 0 amide bonds. The predicted molar refractivity (Wildman–Crippen MR) is 62.8 cm³/mol. The van der Waals surface area contributed by atoms with Crippen molar-refractivity contribution in [2.75, 3.05) is 13.1 Å². The molecule has 1 saturated heterocycles. The van der Waals surface area contributed by atoms with Crippen molar-refractivity contribution in [1.29, 1.82) is 0 Å². The molecule has 1 aliphatic heterocycles. The Morgan fingerprint density at radius 3 is 3.00 bits per heavy atom. The summed E-state index contributed by atoms with van der Waals surface area (Å²) in [5.41, 5.74) is 1.55. The third kappa shape index (κ3) is 2.25. The highest BCUT2D eigenvalue weighted by molar-refractivity contribution is 5.87. The first-order valence-corrected chi connectivity index (χ1v) is 5.72. The van der Waals surface area contributed by atoms with Crippen LogP contribution in [-0.2, 0) is 0 Å². The van der Waals surface area contributed by atoms with Gasteiger partial charge in [-0.25, -0.2) is 4.79 Å². The fourth-order valence-electron chi connectivity index (χ4n) is 2.41. The predicted octanol–water partition coefficient (Wildman–Crippen LogP) is 2.10. The van der Waals surface area contributed by atoms with Gasteiger partial charge < -0.3 is 10.4 Å². The normalized spacial score (nSPS) is 25.3. The highest BCUT2D eigenvalue weighted by Crippen LogP contribution is 2.30. The Kier molecular flexibility index (Phi) is 3.25. The molecule has 86 valence electrons. The van der Waals surface area contributed by atoms with E-state index in [0.717, 1.165) is 25.1 Å². The molecule has 1 heterocycles. The van der Waals surface area contributed by atoms with Crippen LogP contribution in [-0.4, -0.2) is 24.2 Å². The van der Waals surface area contributed by atoms with Crippen LogP contribution in [0.25, 0.3) is 0 Å². The van der Waals surface area contributed by atoms with Crippen LogP contribution in [0.1, 0.15) is 35.2 Å². The van der Waals surface area contributed by atoms with E-state index in [1.54, 1.807) is 6.07 Å². The lowest BCUT2D eigenvalue weighted by molar-refractivity contribution is 0.0696. The number of benzene rings is 1. The minimum absolute atomic E-state index is 0.392. The van der Waals surface area contributed by atoms with E-state index >= 15 is 0 Å². The van der Waals surface area contributed by atoms with Gasteiger partial charge in [0, 0.05) is 0 Å². The number of piperidine rings is 1. The van der Waals surface area contributed by atoms with Crippen LogP contribution in [0.3, 0.4) is 0 Å². The number of rotatable bonds is 2. The summed E-state index contributed by atoms with van der Waals surface area (Å²) in [6.45, 7) is 4.25. The number of hydrogen-bond acceptors (Lipinski definition) is 2. The van der Waals surface area contributed by atoms with Crippen molar-refractivity contribution in [3.05, 3.63) is 35.4 Å². The molecule has 2 atom stereocenters. The number of carbonyl (C=O) groups is 1. The highest BCUT2D eigenvalue weighted by atomic mass is 16.4. The van der Waals surface area contributed by atoms with Crippen molar-refractivity contribution in [3.63, 3.8) is 0 Å². The first-order chi connectivity index (χ1) is 7.68. The molecule has 0 aromatic heterocycles. The zero-order valence-electron chi connectivity index (χ0n) is 9.44. The van der Waals surface area contributed by atoms with Gasteiger partial charge in [-0.15, -0.1) is 0 Å². The standard InChI is InChI=1S/C13H17NO2/c1-9-8-14-6-5-12(9)10-3-2-4-11(7-10)13(15)16/h2-4,7,9,12,14H,5-6,8H2,1H3,(H,15,16)/t9-,12-/m1/s1.